The Balaban J connectivity index is 2.19. The van der Waals surface area contributed by atoms with E-state index in [1.54, 1.807) is 13.2 Å². The summed E-state index contributed by atoms with van der Waals surface area (Å²) in [4.78, 5) is 4.37. The summed E-state index contributed by atoms with van der Waals surface area (Å²) in [5, 5.41) is 13.3. The van der Waals surface area contributed by atoms with Gasteiger partial charge in [0.2, 0.25) is 0 Å². The highest BCUT2D eigenvalue weighted by Gasteiger charge is 2.25. The zero-order chi connectivity index (χ0) is 14.6. The number of rotatable bonds is 5. The van der Waals surface area contributed by atoms with Crippen LogP contribution in [0.2, 0.25) is 0 Å². The molecule has 104 valence electrons. The number of nitrogens with one attached hydrogen (secondary N) is 1. The second kappa shape index (κ2) is 5.89. The number of hydrogen-bond acceptors (Lipinski definition) is 4. The zero-order valence-corrected chi connectivity index (χ0v) is 12.1. The van der Waals surface area contributed by atoms with Crippen molar-refractivity contribution in [2.24, 2.45) is 0 Å². The molecule has 0 bridgehead atoms. The smallest absolute Gasteiger partial charge is 0.145 e. The predicted molar refractivity (Wildman–Crippen MR) is 79.5 cm³/mol. The first kappa shape index (κ1) is 14.3. The van der Waals surface area contributed by atoms with E-state index in [-0.39, 0.29) is 6.10 Å². The second-order valence-corrected chi connectivity index (χ2v) is 5.16. The van der Waals surface area contributed by atoms with Crippen molar-refractivity contribution in [3.63, 3.8) is 0 Å². The van der Waals surface area contributed by atoms with Crippen LogP contribution in [0, 0.1) is 11.3 Å². The van der Waals surface area contributed by atoms with E-state index in [0.29, 0.717) is 6.42 Å². The number of pyridine rings is 1. The summed E-state index contributed by atoms with van der Waals surface area (Å²) in [6, 6.07) is 12.1. The first-order valence-electron chi connectivity index (χ1n) is 6.68. The van der Waals surface area contributed by atoms with Crippen LogP contribution in [0.1, 0.15) is 20.3 Å². The molecule has 4 heteroatoms. The van der Waals surface area contributed by atoms with Crippen LogP contribution in [0.4, 0.5) is 0 Å². The van der Waals surface area contributed by atoms with E-state index >= 15 is 0 Å². The molecule has 0 amide bonds. The molecule has 2 aromatic rings. The quantitative estimate of drug-likeness (QED) is 0.906. The van der Waals surface area contributed by atoms with Crippen LogP contribution in [0.5, 0.6) is 5.75 Å². The van der Waals surface area contributed by atoms with Gasteiger partial charge in [-0.3, -0.25) is 4.98 Å². The fraction of sp³-hybridized carbons (Fsp3) is 0.375. The molecule has 0 saturated heterocycles. The Kier molecular flexibility index (Phi) is 4.21. The number of aromatic nitrogens is 1. The Labute approximate surface area is 119 Å². The standard InChI is InChI=1S/C16H19N3O/c1-12(10-16(2,11-17)18-3)20-14-8-4-6-13-7-5-9-19-15(13)14/h4-9,12,18H,10H2,1-3H3. The van der Waals surface area contributed by atoms with Crippen LogP contribution in [0.15, 0.2) is 36.5 Å². The van der Waals surface area contributed by atoms with Crippen LogP contribution >= 0.6 is 0 Å². The summed E-state index contributed by atoms with van der Waals surface area (Å²) in [7, 11) is 1.79. The van der Waals surface area contributed by atoms with Crippen molar-refractivity contribution in [1.29, 1.82) is 5.26 Å². The lowest BCUT2D eigenvalue weighted by Gasteiger charge is -2.25. The van der Waals surface area contributed by atoms with E-state index in [0.717, 1.165) is 16.7 Å². The van der Waals surface area contributed by atoms with Crippen molar-refractivity contribution >= 4 is 10.9 Å². The molecule has 0 spiro atoms. The molecule has 1 aromatic carbocycles. The third-order valence-corrected chi connectivity index (χ3v) is 3.42. The van der Waals surface area contributed by atoms with Gasteiger partial charge in [-0.1, -0.05) is 18.2 Å². The van der Waals surface area contributed by atoms with Crippen LogP contribution < -0.4 is 10.1 Å². The van der Waals surface area contributed by atoms with E-state index in [1.807, 2.05) is 44.2 Å². The van der Waals surface area contributed by atoms with E-state index in [4.69, 9.17) is 4.74 Å². The highest BCUT2D eigenvalue weighted by Crippen LogP contribution is 2.25. The van der Waals surface area contributed by atoms with Gasteiger partial charge in [0.25, 0.3) is 0 Å². The van der Waals surface area contributed by atoms with Crippen molar-refractivity contribution < 1.29 is 4.74 Å². The van der Waals surface area contributed by atoms with Gasteiger partial charge in [-0.25, -0.2) is 0 Å². The van der Waals surface area contributed by atoms with Gasteiger partial charge in [-0.2, -0.15) is 5.26 Å². The lowest BCUT2D eigenvalue weighted by molar-refractivity contribution is 0.184. The number of nitrogens with zero attached hydrogens (tertiary/aromatic N) is 2. The van der Waals surface area contributed by atoms with Crippen molar-refractivity contribution in [3.05, 3.63) is 36.5 Å². The zero-order valence-electron chi connectivity index (χ0n) is 12.1. The van der Waals surface area contributed by atoms with Gasteiger partial charge in [0.1, 0.15) is 16.8 Å². The maximum Gasteiger partial charge on any atom is 0.145 e. The Morgan fingerprint density at radius 3 is 2.85 bits per heavy atom. The minimum atomic E-state index is -0.586. The Bertz CT molecular complexity index is 630. The number of hydrogen-bond donors (Lipinski definition) is 1. The minimum absolute atomic E-state index is 0.0836. The van der Waals surface area contributed by atoms with Crippen molar-refractivity contribution in [3.8, 4) is 11.8 Å². The normalized spacial score (nSPS) is 15.3. The lowest BCUT2D eigenvalue weighted by atomic mass is 9.97. The molecule has 0 radical (unpaired) electrons. The molecule has 1 heterocycles. The fourth-order valence-corrected chi connectivity index (χ4v) is 2.21. The molecule has 0 fully saturated rings. The Morgan fingerprint density at radius 2 is 2.15 bits per heavy atom. The second-order valence-electron chi connectivity index (χ2n) is 5.16. The van der Waals surface area contributed by atoms with Gasteiger partial charge in [0.05, 0.1) is 12.2 Å². The van der Waals surface area contributed by atoms with Gasteiger partial charge in [-0.05, 0) is 33.0 Å². The molecule has 2 unspecified atom stereocenters. The number of benzene rings is 1. The molecule has 2 rings (SSSR count). The number of fused-ring (bicyclic) bond motifs is 1. The van der Waals surface area contributed by atoms with E-state index in [9.17, 15) is 5.26 Å². The fourth-order valence-electron chi connectivity index (χ4n) is 2.21. The maximum absolute atomic E-state index is 9.19. The van der Waals surface area contributed by atoms with E-state index in [2.05, 4.69) is 16.4 Å². The lowest BCUT2D eigenvalue weighted by Crippen LogP contribution is -2.41. The summed E-state index contributed by atoms with van der Waals surface area (Å²) in [5.41, 5.74) is 0.266. The van der Waals surface area contributed by atoms with Gasteiger partial charge in [0, 0.05) is 18.0 Å². The number of ether oxygens (including phenoxy) is 1. The molecule has 20 heavy (non-hydrogen) atoms. The highest BCUT2D eigenvalue weighted by atomic mass is 16.5. The summed E-state index contributed by atoms with van der Waals surface area (Å²) in [6.45, 7) is 3.84. The molecular formula is C16H19N3O. The minimum Gasteiger partial charge on any atom is -0.488 e. The highest BCUT2D eigenvalue weighted by molar-refractivity contribution is 5.84. The Morgan fingerprint density at radius 1 is 1.40 bits per heavy atom. The molecule has 0 aliphatic rings. The van der Waals surface area contributed by atoms with E-state index < -0.39 is 5.54 Å². The van der Waals surface area contributed by atoms with Crippen molar-refractivity contribution in [2.75, 3.05) is 7.05 Å². The van der Waals surface area contributed by atoms with Crippen LogP contribution in [0.25, 0.3) is 10.9 Å². The summed E-state index contributed by atoms with van der Waals surface area (Å²) in [5.74, 6) is 0.756. The molecule has 0 saturated carbocycles. The van der Waals surface area contributed by atoms with Crippen LogP contribution in [-0.2, 0) is 0 Å². The monoisotopic (exact) mass is 269 g/mol. The third-order valence-electron chi connectivity index (χ3n) is 3.42. The number of nitriles is 1. The largest absolute Gasteiger partial charge is 0.488 e. The van der Waals surface area contributed by atoms with Crippen LogP contribution in [0.3, 0.4) is 0 Å². The first-order chi connectivity index (χ1) is 9.58. The predicted octanol–water partition coefficient (Wildman–Crippen LogP) is 2.89. The van der Waals surface area contributed by atoms with Gasteiger partial charge in [-0.15, -0.1) is 0 Å². The maximum atomic E-state index is 9.19. The summed E-state index contributed by atoms with van der Waals surface area (Å²) >= 11 is 0. The van der Waals surface area contributed by atoms with Gasteiger partial charge < -0.3 is 10.1 Å². The Hall–Kier alpha value is -2.12. The summed E-state index contributed by atoms with van der Waals surface area (Å²) < 4.78 is 5.97. The SMILES string of the molecule is CNC(C)(C#N)CC(C)Oc1cccc2cccnc12. The average Bonchev–Trinajstić information content (AvgIpc) is 2.47. The molecule has 0 aliphatic carbocycles. The van der Waals surface area contributed by atoms with E-state index in [1.165, 1.54) is 0 Å². The van der Waals surface area contributed by atoms with Crippen LogP contribution in [-0.4, -0.2) is 23.7 Å². The third kappa shape index (κ3) is 3.06. The average molecular weight is 269 g/mol. The van der Waals surface area contributed by atoms with Crippen molar-refractivity contribution in [1.82, 2.24) is 10.3 Å². The van der Waals surface area contributed by atoms with Gasteiger partial charge >= 0.3 is 0 Å². The molecule has 4 nitrogen and oxygen atoms in total. The van der Waals surface area contributed by atoms with Crippen molar-refractivity contribution in [2.45, 2.75) is 31.9 Å². The molecule has 1 aromatic heterocycles. The molecular weight excluding hydrogens is 250 g/mol. The molecule has 0 aliphatic heterocycles. The molecule has 1 N–H and O–H groups in total. The molecule has 2 atom stereocenters. The topological polar surface area (TPSA) is 57.9 Å². The van der Waals surface area contributed by atoms with Gasteiger partial charge in [0.15, 0.2) is 0 Å². The first-order valence-corrected chi connectivity index (χ1v) is 6.68. The summed E-state index contributed by atoms with van der Waals surface area (Å²) in [6.07, 6.45) is 2.27. The number of para-hydroxylation sites is 1.